The minimum absolute atomic E-state index is 0.230. The minimum Gasteiger partial charge on any atom is -0.361 e. The molecular formula is C20H17ClN4OS. The molecule has 0 aliphatic heterocycles. The molecule has 5 nitrogen and oxygen atoms in total. The van der Waals surface area contributed by atoms with Gasteiger partial charge in [-0.15, -0.1) is 0 Å². The molecule has 0 radical (unpaired) electrons. The van der Waals surface area contributed by atoms with Gasteiger partial charge in [0.05, 0.1) is 0 Å². The van der Waals surface area contributed by atoms with Crippen molar-refractivity contribution < 1.29 is 4.79 Å². The Balaban J connectivity index is 1.35. The Morgan fingerprint density at radius 1 is 1.19 bits per heavy atom. The molecule has 2 N–H and O–H groups in total. The largest absolute Gasteiger partial charge is 0.361 e. The number of rotatable bonds is 6. The highest BCUT2D eigenvalue weighted by atomic mass is 35.5. The van der Waals surface area contributed by atoms with Gasteiger partial charge in [0.2, 0.25) is 5.82 Å². The first-order valence-electron chi connectivity index (χ1n) is 8.59. The average molecular weight is 397 g/mol. The van der Waals surface area contributed by atoms with Gasteiger partial charge < -0.3 is 10.3 Å². The Morgan fingerprint density at radius 2 is 2.04 bits per heavy atom. The molecule has 27 heavy (non-hydrogen) atoms. The molecule has 2 aromatic heterocycles. The number of H-pyrrole nitrogens is 1. The minimum atomic E-state index is -0.247. The van der Waals surface area contributed by atoms with E-state index in [4.69, 9.17) is 11.6 Å². The van der Waals surface area contributed by atoms with Crippen LogP contribution in [0, 0.1) is 0 Å². The number of carbonyl (C=O) groups is 1. The molecule has 136 valence electrons. The number of hydrogen-bond donors (Lipinski definition) is 2. The molecule has 0 atom stereocenters. The Kier molecular flexibility index (Phi) is 5.18. The quantitative estimate of drug-likeness (QED) is 0.512. The first-order chi connectivity index (χ1) is 13.2. The Labute approximate surface area is 165 Å². The summed E-state index contributed by atoms with van der Waals surface area (Å²) in [5.74, 6) is -0.0173. The molecule has 4 rings (SSSR count). The SMILES string of the molecule is O=C(NCCc1c[nH]c2ccc(Cl)cc12)c1nsc(Cc2ccccc2)n1. The number of aromatic amines is 1. The van der Waals surface area contributed by atoms with Crippen LogP contribution in [0.25, 0.3) is 10.9 Å². The number of fused-ring (bicyclic) bond motifs is 1. The second kappa shape index (κ2) is 7.90. The summed E-state index contributed by atoms with van der Waals surface area (Å²) >= 11 is 7.34. The van der Waals surface area contributed by atoms with Gasteiger partial charge in [0.25, 0.3) is 5.91 Å². The number of amides is 1. The summed E-state index contributed by atoms with van der Waals surface area (Å²) in [7, 11) is 0. The lowest BCUT2D eigenvalue weighted by molar-refractivity contribution is 0.0945. The molecule has 2 heterocycles. The fourth-order valence-corrected chi connectivity index (χ4v) is 3.78. The standard InChI is InChI=1S/C20H17ClN4OS/c21-15-6-7-17-16(11-15)14(12-23-17)8-9-22-20(26)19-24-18(27-25-19)10-13-4-2-1-3-5-13/h1-7,11-12,23H,8-10H2,(H,22,26). The van der Waals surface area contributed by atoms with Gasteiger partial charge in [-0.1, -0.05) is 41.9 Å². The van der Waals surface area contributed by atoms with Crippen LogP contribution in [0.1, 0.15) is 26.8 Å². The Morgan fingerprint density at radius 3 is 2.89 bits per heavy atom. The normalized spacial score (nSPS) is 11.0. The summed E-state index contributed by atoms with van der Waals surface area (Å²) in [6.45, 7) is 0.505. The van der Waals surface area contributed by atoms with Crippen molar-refractivity contribution in [2.45, 2.75) is 12.8 Å². The van der Waals surface area contributed by atoms with E-state index in [0.29, 0.717) is 24.4 Å². The number of nitrogens with one attached hydrogen (secondary N) is 2. The summed E-state index contributed by atoms with van der Waals surface area (Å²) in [5, 5.41) is 5.50. The molecule has 0 unspecified atom stereocenters. The average Bonchev–Trinajstić information content (AvgIpc) is 3.30. The maximum absolute atomic E-state index is 12.3. The molecular weight excluding hydrogens is 380 g/mol. The highest BCUT2D eigenvalue weighted by Gasteiger charge is 2.13. The van der Waals surface area contributed by atoms with Gasteiger partial charge in [-0.3, -0.25) is 4.79 Å². The van der Waals surface area contributed by atoms with Crippen molar-refractivity contribution in [3.05, 3.63) is 81.7 Å². The van der Waals surface area contributed by atoms with Crippen molar-refractivity contribution in [3.63, 3.8) is 0 Å². The molecule has 0 saturated heterocycles. The molecule has 0 aliphatic rings. The first-order valence-corrected chi connectivity index (χ1v) is 9.74. The zero-order valence-corrected chi connectivity index (χ0v) is 16.0. The number of benzene rings is 2. The zero-order chi connectivity index (χ0) is 18.6. The van der Waals surface area contributed by atoms with Gasteiger partial charge >= 0.3 is 0 Å². The molecule has 0 bridgehead atoms. The lowest BCUT2D eigenvalue weighted by atomic mass is 10.1. The van der Waals surface area contributed by atoms with Crippen LogP contribution in [0.4, 0.5) is 0 Å². The molecule has 0 spiro atoms. The van der Waals surface area contributed by atoms with Gasteiger partial charge in [-0.05, 0) is 47.3 Å². The number of carbonyl (C=O) groups excluding carboxylic acids is 1. The van der Waals surface area contributed by atoms with E-state index in [1.54, 1.807) is 0 Å². The molecule has 0 saturated carbocycles. The van der Waals surface area contributed by atoms with E-state index in [9.17, 15) is 4.79 Å². The molecule has 7 heteroatoms. The van der Waals surface area contributed by atoms with Crippen LogP contribution < -0.4 is 5.32 Å². The third-order valence-corrected chi connectivity index (χ3v) is 5.22. The van der Waals surface area contributed by atoms with Crippen molar-refractivity contribution in [1.82, 2.24) is 19.7 Å². The maximum atomic E-state index is 12.3. The van der Waals surface area contributed by atoms with E-state index < -0.39 is 0 Å². The van der Waals surface area contributed by atoms with Crippen molar-refractivity contribution in [2.24, 2.45) is 0 Å². The molecule has 4 aromatic rings. The van der Waals surface area contributed by atoms with Crippen molar-refractivity contribution in [1.29, 1.82) is 0 Å². The van der Waals surface area contributed by atoms with Crippen molar-refractivity contribution in [2.75, 3.05) is 6.54 Å². The smallest absolute Gasteiger partial charge is 0.290 e. The summed E-state index contributed by atoms with van der Waals surface area (Å²) < 4.78 is 4.18. The number of nitrogens with zero attached hydrogens (tertiary/aromatic N) is 2. The fourth-order valence-electron chi connectivity index (χ4n) is 2.94. The van der Waals surface area contributed by atoms with Crippen LogP contribution in [0.2, 0.25) is 5.02 Å². The Bertz CT molecular complexity index is 1070. The third-order valence-electron chi connectivity index (χ3n) is 4.28. The molecule has 0 aliphatic carbocycles. The van der Waals surface area contributed by atoms with Crippen LogP contribution in [0.5, 0.6) is 0 Å². The van der Waals surface area contributed by atoms with Crippen molar-refractivity contribution in [3.8, 4) is 0 Å². The topological polar surface area (TPSA) is 70.7 Å². The van der Waals surface area contributed by atoms with E-state index in [-0.39, 0.29) is 11.7 Å². The predicted octanol–water partition coefficient (Wildman–Crippen LogP) is 4.24. The predicted molar refractivity (Wildman–Crippen MR) is 109 cm³/mol. The van der Waals surface area contributed by atoms with Crippen LogP contribution in [-0.4, -0.2) is 26.8 Å². The van der Waals surface area contributed by atoms with E-state index >= 15 is 0 Å². The van der Waals surface area contributed by atoms with E-state index in [2.05, 4.69) is 19.7 Å². The number of aromatic nitrogens is 3. The van der Waals surface area contributed by atoms with E-state index in [1.165, 1.54) is 11.5 Å². The van der Waals surface area contributed by atoms with Gasteiger partial charge in [0.1, 0.15) is 5.01 Å². The molecule has 2 aromatic carbocycles. The molecule has 1 amide bonds. The fraction of sp³-hybridized carbons (Fsp3) is 0.150. The van der Waals surface area contributed by atoms with Crippen LogP contribution in [-0.2, 0) is 12.8 Å². The summed E-state index contributed by atoms with van der Waals surface area (Å²) in [5.41, 5.74) is 3.30. The van der Waals surface area contributed by atoms with Crippen LogP contribution >= 0.6 is 23.1 Å². The molecule has 0 fully saturated rings. The monoisotopic (exact) mass is 396 g/mol. The van der Waals surface area contributed by atoms with Gasteiger partial charge in [0, 0.05) is 35.1 Å². The summed E-state index contributed by atoms with van der Waals surface area (Å²) in [6, 6.07) is 15.8. The van der Waals surface area contributed by atoms with Gasteiger partial charge in [0.15, 0.2) is 0 Å². The van der Waals surface area contributed by atoms with Crippen molar-refractivity contribution >= 4 is 39.9 Å². The Hall–Kier alpha value is -2.70. The second-order valence-electron chi connectivity index (χ2n) is 6.18. The van der Waals surface area contributed by atoms with Crippen LogP contribution in [0.15, 0.2) is 54.7 Å². The van der Waals surface area contributed by atoms with Gasteiger partial charge in [-0.25, -0.2) is 4.98 Å². The number of halogens is 1. The highest BCUT2D eigenvalue weighted by molar-refractivity contribution is 7.05. The third kappa shape index (κ3) is 4.18. The maximum Gasteiger partial charge on any atom is 0.290 e. The second-order valence-corrected chi connectivity index (χ2v) is 7.46. The van der Waals surface area contributed by atoms with E-state index in [0.717, 1.165) is 27.0 Å². The van der Waals surface area contributed by atoms with Crippen LogP contribution in [0.3, 0.4) is 0 Å². The lowest BCUT2D eigenvalue weighted by Gasteiger charge is -2.02. The highest BCUT2D eigenvalue weighted by Crippen LogP contribution is 2.22. The first kappa shape index (κ1) is 17.7. The lowest BCUT2D eigenvalue weighted by Crippen LogP contribution is -2.26. The summed E-state index contributed by atoms with van der Waals surface area (Å²) in [6.07, 6.45) is 3.33. The number of hydrogen-bond acceptors (Lipinski definition) is 4. The summed E-state index contributed by atoms with van der Waals surface area (Å²) in [4.78, 5) is 19.9. The van der Waals surface area contributed by atoms with Gasteiger partial charge in [-0.2, -0.15) is 4.37 Å². The van der Waals surface area contributed by atoms with E-state index in [1.807, 2.05) is 54.7 Å². The zero-order valence-electron chi connectivity index (χ0n) is 14.4.